The molecule has 2 saturated carbocycles. The van der Waals surface area contributed by atoms with Crippen LogP contribution in [0.3, 0.4) is 0 Å². The molecule has 0 amide bonds. The highest BCUT2D eigenvalue weighted by atomic mass is 32.3. The largest absolute Gasteiger partial charge is 0.302 e. The lowest BCUT2D eigenvalue weighted by Gasteiger charge is -2.25. The molecule has 0 bridgehead atoms. The van der Waals surface area contributed by atoms with Gasteiger partial charge in [0.1, 0.15) is 0 Å². The van der Waals surface area contributed by atoms with Crippen LogP contribution in [-0.2, 0) is 10.2 Å². The topological polar surface area (TPSA) is 34.1 Å². The Morgan fingerprint density at radius 1 is 1.31 bits per heavy atom. The van der Waals surface area contributed by atoms with Crippen molar-refractivity contribution in [1.82, 2.24) is 0 Å². The third-order valence-corrected chi connectivity index (χ3v) is 4.03. The van der Waals surface area contributed by atoms with Gasteiger partial charge in [-0.1, -0.05) is 6.42 Å². The molecule has 76 valence electrons. The van der Waals surface area contributed by atoms with Gasteiger partial charge in [0.2, 0.25) is 0 Å². The molecule has 0 aromatic carbocycles. The molecule has 0 aliphatic heterocycles. The number of hydrogen-bond acceptors (Lipinski definition) is 2. The second-order valence-electron chi connectivity index (χ2n) is 3.89. The van der Waals surface area contributed by atoms with Gasteiger partial charge in [-0.15, -0.1) is 3.89 Å². The highest BCUT2D eigenvalue weighted by Gasteiger charge is 2.82. The minimum Gasteiger partial charge on any atom is -0.206 e. The SMILES string of the molecule is O=S(=O)(F)CC1C(F)(F)C12CCC2. The molecule has 0 heterocycles. The quantitative estimate of drug-likeness (QED) is 0.656. The second-order valence-corrected chi connectivity index (χ2v) is 5.30. The number of halogens is 3. The van der Waals surface area contributed by atoms with Gasteiger partial charge in [-0.2, -0.15) is 8.42 Å². The molecule has 2 fully saturated rings. The van der Waals surface area contributed by atoms with Crippen LogP contribution in [0.4, 0.5) is 12.7 Å². The molecule has 2 nitrogen and oxygen atoms in total. The molecule has 2 rings (SSSR count). The minimum atomic E-state index is -4.76. The van der Waals surface area contributed by atoms with E-state index in [2.05, 4.69) is 0 Å². The van der Waals surface area contributed by atoms with Gasteiger partial charge < -0.3 is 0 Å². The average molecular weight is 214 g/mol. The van der Waals surface area contributed by atoms with E-state index in [4.69, 9.17) is 0 Å². The van der Waals surface area contributed by atoms with Crippen molar-refractivity contribution < 1.29 is 21.1 Å². The van der Waals surface area contributed by atoms with Gasteiger partial charge in [0.25, 0.3) is 5.92 Å². The molecule has 2 aliphatic carbocycles. The standard InChI is InChI=1S/C7H9F3O2S/c8-7(9)5(4-13(10,11)12)6(7)2-1-3-6/h5H,1-4H2. The molecular formula is C7H9F3O2S. The smallest absolute Gasteiger partial charge is 0.206 e. The zero-order valence-electron chi connectivity index (χ0n) is 6.76. The molecule has 2 aliphatic rings. The predicted octanol–water partition coefficient (Wildman–Crippen LogP) is 1.72. The molecule has 0 aromatic rings. The first-order valence-electron chi connectivity index (χ1n) is 4.10. The molecule has 1 atom stereocenters. The van der Waals surface area contributed by atoms with Gasteiger partial charge in [0.05, 0.1) is 11.7 Å². The number of alkyl halides is 2. The monoisotopic (exact) mass is 214 g/mol. The third kappa shape index (κ3) is 1.11. The van der Waals surface area contributed by atoms with Crippen molar-refractivity contribution in [3.05, 3.63) is 0 Å². The van der Waals surface area contributed by atoms with E-state index >= 15 is 0 Å². The Labute approximate surface area is 74.3 Å². The van der Waals surface area contributed by atoms with Gasteiger partial charge in [0.15, 0.2) is 0 Å². The molecule has 0 radical (unpaired) electrons. The van der Waals surface area contributed by atoms with Crippen LogP contribution in [0.25, 0.3) is 0 Å². The van der Waals surface area contributed by atoms with Crippen molar-refractivity contribution in [3.63, 3.8) is 0 Å². The lowest BCUT2D eigenvalue weighted by molar-refractivity contribution is 0.0284. The summed E-state index contributed by atoms with van der Waals surface area (Å²) in [5, 5.41) is 0. The predicted molar refractivity (Wildman–Crippen MR) is 39.6 cm³/mol. The zero-order valence-corrected chi connectivity index (χ0v) is 7.58. The average Bonchev–Trinajstić information content (AvgIpc) is 2.23. The number of rotatable bonds is 2. The van der Waals surface area contributed by atoms with Crippen molar-refractivity contribution in [2.24, 2.45) is 11.3 Å². The van der Waals surface area contributed by atoms with Gasteiger partial charge >= 0.3 is 10.2 Å². The van der Waals surface area contributed by atoms with Crippen LogP contribution in [0.15, 0.2) is 0 Å². The number of hydrogen-bond donors (Lipinski definition) is 0. The fraction of sp³-hybridized carbons (Fsp3) is 1.00. The summed E-state index contributed by atoms with van der Waals surface area (Å²) in [5.74, 6) is -5.24. The van der Waals surface area contributed by atoms with E-state index < -0.39 is 33.2 Å². The molecule has 0 N–H and O–H groups in total. The fourth-order valence-corrected chi connectivity index (χ4v) is 3.22. The van der Waals surface area contributed by atoms with Gasteiger partial charge in [-0.25, -0.2) is 8.78 Å². The van der Waals surface area contributed by atoms with Crippen LogP contribution in [0.1, 0.15) is 19.3 Å². The van der Waals surface area contributed by atoms with E-state index in [1.807, 2.05) is 0 Å². The fourth-order valence-electron chi connectivity index (χ4n) is 2.29. The van der Waals surface area contributed by atoms with Crippen LogP contribution < -0.4 is 0 Å². The first kappa shape index (κ1) is 9.30. The Morgan fingerprint density at radius 2 is 1.85 bits per heavy atom. The normalized spacial score (nSPS) is 34.2. The van der Waals surface area contributed by atoms with E-state index in [0.29, 0.717) is 19.3 Å². The molecule has 6 heteroatoms. The summed E-state index contributed by atoms with van der Waals surface area (Å²) in [6, 6.07) is 0. The van der Waals surface area contributed by atoms with E-state index in [0.717, 1.165) is 0 Å². The van der Waals surface area contributed by atoms with Gasteiger partial charge in [-0.05, 0) is 12.8 Å². The summed E-state index contributed by atoms with van der Waals surface area (Å²) in [4.78, 5) is 0. The van der Waals surface area contributed by atoms with Crippen LogP contribution >= 0.6 is 0 Å². The molecule has 13 heavy (non-hydrogen) atoms. The van der Waals surface area contributed by atoms with E-state index in [9.17, 15) is 21.1 Å². The third-order valence-electron chi connectivity index (χ3n) is 3.30. The van der Waals surface area contributed by atoms with Crippen molar-refractivity contribution in [2.75, 3.05) is 5.75 Å². The van der Waals surface area contributed by atoms with Crippen LogP contribution in [0.5, 0.6) is 0 Å². The summed E-state index contributed by atoms with van der Waals surface area (Å²) < 4.78 is 58.6. The van der Waals surface area contributed by atoms with Crippen molar-refractivity contribution in [1.29, 1.82) is 0 Å². The van der Waals surface area contributed by atoms with Gasteiger partial charge in [0, 0.05) is 5.41 Å². The molecule has 0 aromatic heterocycles. The second kappa shape index (κ2) is 2.21. The summed E-state index contributed by atoms with van der Waals surface area (Å²) in [6.07, 6.45) is 1.36. The zero-order chi connectivity index (χ0) is 9.91. The Kier molecular flexibility index (Phi) is 1.58. The molecular weight excluding hydrogens is 205 g/mol. The Bertz CT molecular complexity index is 332. The van der Waals surface area contributed by atoms with E-state index in [1.165, 1.54) is 0 Å². The van der Waals surface area contributed by atoms with E-state index in [-0.39, 0.29) is 0 Å². The Morgan fingerprint density at radius 3 is 2.08 bits per heavy atom. The molecule has 1 spiro atoms. The van der Waals surface area contributed by atoms with Crippen LogP contribution in [0.2, 0.25) is 0 Å². The van der Waals surface area contributed by atoms with Crippen LogP contribution in [-0.4, -0.2) is 20.1 Å². The lowest BCUT2D eigenvalue weighted by atomic mass is 9.79. The van der Waals surface area contributed by atoms with E-state index in [1.54, 1.807) is 0 Å². The highest BCUT2D eigenvalue weighted by molar-refractivity contribution is 7.86. The molecule has 0 saturated heterocycles. The van der Waals surface area contributed by atoms with Gasteiger partial charge in [-0.3, -0.25) is 0 Å². The molecule has 1 unspecified atom stereocenters. The maximum atomic E-state index is 13.0. The maximum Gasteiger partial charge on any atom is 0.302 e. The Balaban J connectivity index is 2.12. The maximum absolute atomic E-state index is 13.0. The summed E-state index contributed by atoms with van der Waals surface area (Å²) >= 11 is 0. The van der Waals surface area contributed by atoms with Crippen molar-refractivity contribution >= 4 is 10.2 Å². The summed E-state index contributed by atoms with van der Waals surface area (Å²) in [5.41, 5.74) is -1.16. The van der Waals surface area contributed by atoms with Crippen LogP contribution in [0, 0.1) is 11.3 Å². The van der Waals surface area contributed by atoms with Crippen molar-refractivity contribution in [3.8, 4) is 0 Å². The lowest BCUT2D eigenvalue weighted by Crippen LogP contribution is -2.20. The first-order chi connectivity index (χ1) is 5.80. The van der Waals surface area contributed by atoms with Crippen molar-refractivity contribution in [2.45, 2.75) is 25.2 Å². The summed E-state index contributed by atoms with van der Waals surface area (Å²) in [6.45, 7) is 0. The Hall–Kier alpha value is -0.260. The minimum absolute atomic E-state index is 0.334. The highest BCUT2D eigenvalue weighted by Crippen LogP contribution is 2.75. The first-order valence-corrected chi connectivity index (χ1v) is 5.65. The summed E-state index contributed by atoms with van der Waals surface area (Å²) in [7, 11) is -4.76.